The van der Waals surface area contributed by atoms with E-state index in [1.807, 2.05) is 6.07 Å². The highest BCUT2D eigenvalue weighted by atomic mass is 35.5. The highest BCUT2D eigenvalue weighted by Crippen LogP contribution is 2.24. The number of hydrogen-bond donors (Lipinski definition) is 1. The number of halogens is 1. The molecule has 0 amide bonds. The summed E-state index contributed by atoms with van der Waals surface area (Å²) < 4.78 is 0.856. The minimum atomic E-state index is 0.194. The van der Waals surface area contributed by atoms with E-state index in [2.05, 4.69) is 17.5 Å². The quantitative estimate of drug-likeness (QED) is 0.847. The Morgan fingerprint density at radius 3 is 2.89 bits per heavy atom. The van der Waals surface area contributed by atoms with E-state index in [1.54, 1.807) is 11.3 Å². The third kappa shape index (κ3) is 3.98. The predicted molar refractivity (Wildman–Crippen MR) is 77.0 cm³/mol. The van der Waals surface area contributed by atoms with Crippen molar-refractivity contribution in [3.8, 4) is 6.07 Å². The van der Waals surface area contributed by atoms with E-state index in [4.69, 9.17) is 11.6 Å². The molecule has 2 nitrogen and oxygen atoms in total. The summed E-state index contributed by atoms with van der Waals surface area (Å²) in [5.41, 5.74) is 0. The first kappa shape index (κ1) is 13.9. The van der Waals surface area contributed by atoms with Gasteiger partial charge in [0.2, 0.25) is 0 Å². The van der Waals surface area contributed by atoms with Gasteiger partial charge in [0.05, 0.1) is 16.3 Å². The van der Waals surface area contributed by atoms with Crippen molar-refractivity contribution in [2.24, 2.45) is 5.92 Å². The number of hydrogen-bond acceptors (Lipinski definition) is 3. The molecular formula is C14H19ClN2S. The first-order valence-electron chi connectivity index (χ1n) is 6.67. The molecule has 4 heteroatoms. The number of nitrogens with one attached hydrogen (secondary N) is 1. The van der Waals surface area contributed by atoms with Crippen molar-refractivity contribution in [1.29, 1.82) is 5.26 Å². The van der Waals surface area contributed by atoms with Crippen molar-refractivity contribution in [2.75, 3.05) is 6.54 Å². The molecule has 1 heterocycles. The van der Waals surface area contributed by atoms with Gasteiger partial charge in [-0.1, -0.05) is 30.9 Å². The zero-order valence-corrected chi connectivity index (χ0v) is 12.1. The summed E-state index contributed by atoms with van der Waals surface area (Å²) in [4.78, 5) is 1.31. The second kappa shape index (κ2) is 7.13. The smallest absolute Gasteiger partial charge is 0.0931 e. The summed E-state index contributed by atoms with van der Waals surface area (Å²) in [6.45, 7) is 0.944. The lowest BCUT2D eigenvalue weighted by molar-refractivity contribution is 0.398. The second-order valence-electron chi connectivity index (χ2n) is 4.89. The molecule has 0 spiro atoms. The predicted octanol–water partition coefficient (Wildman–Crippen LogP) is 4.01. The first-order valence-corrected chi connectivity index (χ1v) is 7.86. The minimum Gasteiger partial charge on any atom is -0.312 e. The third-order valence-corrected chi connectivity index (χ3v) is 4.88. The van der Waals surface area contributed by atoms with Crippen LogP contribution in [0.2, 0.25) is 4.34 Å². The van der Waals surface area contributed by atoms with Crippen molar-refractivity contribution in [3.63, 3.8) is 0 Å². The number of nitrogens with zero attached hydrogens (tertiary/aromatic N) is 1. The molecule has 1 fully saturated rings. The van der Waals surface area contributed by atoms with E-state index in [1.165, 1.54) is 24.1 Å². The van der Waals surface area contributed by atoms with Gasteiger partial charge in [0, 0.05) is 17.5 Å². The molecule has 0 aliphatic heterocycles. The van der Waals surface area contributed by atoms with Gasteiger partial charge in [0.1, 0.15) is 0 Å². The van der Waals surface area contributed by atoms with Crippen molar-refractivity contribution in [1.82, 2.24) is 5.32 Å². The van der Waals surface area contributed by atoms with Gasteiger partial charge in [-0.2, -0.15) is 5.26 Å². The molecule has 0 saturated heterocycles. The third-order valence-electron chi connectivity index (χ3n) is 3.59. The van der Waals surface area contributed by atoms with Gasteiger partial charge in [-0.25, -0.2) is 0 Å². The Kier molecular flexibility index (Phi) is 5.49. The Morgan fingerprint density at radius 2 is 2.17 bits per heavy atom. The van der Waals surface area contributed by atoms with Gasteiger partial charge >= 0.3 is 0 Å². The van der Waals surface area contributed by atoms with E-state index in [0.29, 0.717) is 6.04 Å². The Morgan fingerprint density at radius 1 is 1.33 bits per heavy atom. The molecule has 1 saturated carbocycles. The van der Waals surface area contributed by atoms with Crippen molar-refractivity contribution in [2.45, 2.75) is 44.6 Å². The minimum absolute atomic E-state index is 0.194. The van der Waals surface area contributed by atoms with E-state index < -0.39 is 0 Å². The fraction of sp³-hybridized carbons (Fsp3) is 0.643. The molecule has 0 radical (unpaired) electrons. The van der Waals surface area contributed by atoms with Gasteiger partial charge in [0.25, 0.3) is 0 Å². The Hall–Kier alpha value is -0.560. The standard InChI is InChI=1S/C14H19ClN2S/c15-14-7-6-12(18-14)8-9-17-13-5-3-1-2-4-11(13)10-16/h6-7,11,13,17H,1-5,8-9H2. The topological polar surface area (TPSA) is 35.8 Å². The highest BCUT2D eigenvalue weighted by Gasteiger charge is 2.22. The van der Waals surface area contributed by atoms with Gasteiger partial charge in [-0.3, -0.25) is 0 Å². The maximum Gasteiger partial charge on any atom is 0.0931 e. The number of thiophene rings is 1. The lowest BCUT2D eigenvalue weighted by Gasteiger charge is -2.20. The fourth-order valence-corrected chi connectivity index (χ4v) is 3.66. The molecule has 2 rings (SSSR count). The van der Waals surface area contributed by atoms with Gasteiger partial charge < -0.3 is 5.32 Å². The largest absolute Gasteiger partial charge is 0.312 e. The molecule has 0 aromatic carbocycles. The zero-order valence-electron chi connectivity index (χ0n) is 10.5. The molecule has 1 N–H and O–H groups in total. The summed E-state index contributed by atoms with van der Waals surface area (Å²) in [6, 6.07) is 6.88. The second-order valence-corrected chi connectivity index (χ2v) is 6.69. The summed E-state index contributed by atoms with van der Waals surface area (Å²) >= 11 is 7.56. The Labute approximate surface area is 118 Å². The molecular weight excluding hydrogens is 264 g/mol. The van der Waals surface area contributed by atoms with Crippen LogP contribution in [0.5, 0.6) is 0 Å². The van der Waals surface area contributed by atoms with Crippen LogP contribution in [0.4, 0.5) is 0 Å². The fourth-order valence-electron chi connectivity index (χ4n) is 2.57. The summed E-state index contributed by atoms with van der Waals surface area (Å²) in [7, 11) is 0. The van der Waals surface area contributed by atoms with Crippen LogP contribution in [0.15, 0.2) is 12.1 Å². The van der Waals surface area contributed by atoms with Gasteiger partial charge in [-0.15, -0.1) is 11.3 Å². The van der Waals surface area contributed by atoms with Crippen LogP contribution in [0.3, 0.4) is 0 Å². The van der Waals surface area contributed by atoms with Gasteiger partial charge in [-0.05, 0) is 31.4 Å². The zero-order chi connectivity index (χ0) is 12.8. The van der Waals surface area contributed by atoms with E-state index in [0.717, 1.165) is 30.1 Å². The van der Waals surface area contributed by atoms with Crippen molar-refractivity contribution in [3.05, 3.63) is 21.3 Å². The Balaban J connectivity index is 1.79. The molecule has 2 unspecified atom stereocenters. The molecule has 0 bridgehead atoms. The average molecular weight is 283 g/mol. The van der Waals surface area contributed by atoms with Crippen LogP contribution in [0.25, 0.3) is 0 Å². The van der Waals surface area contributed by atoms with E-state index >= 15 is 0 Å². The summed E-state index contributed by atoms with van der Waals surface area (Å²) in [5, 5.41) is 12.8. The molecule has 1 aromatic rings. The van der Waals surface area contributed by atoms with Crippen LogP contribution >= 0.6 is 22.9 Å². The number of nitriles is 1. The highest BCUT2D eigenvalue weighted by molar-refractivity contribution is 7.16. The summed E-state index contributed by atoms with van der Waals surface area (Å²) in [6.07, 6.45) is 6.93. The van der Waals surface area contributed by atoms with Gasteiger partial charge in [0.15, 0.2) is 0 Å². The molecule has 1 aliphatic rings. The maximum atomic E-state index is 9.20. The molecule has 18 heavy (non-hydrogen) atoms. The SMILES string of the molecule is N#CC1CCCCCC1NCCc1ccc(Cl)s1. The number of rotatable bonds is 4. The maximum absolute atomic E-state index is 9.20. The van der Waals surface area contributed by atoms with Crippen LogP contribution < -0.4 is 5.32 Å². The van der Waals surface area contributed by atoms with Crippen LogP contribution in [-0.4, -0.2) is 12.6 Å². The van der Waals surface area contributed by atoms with Crippen LogP contribution in [0, 0.1) is 17.2 Å². The van der Waals surface area contributed by atoms with Crippen molar-refractivity contribution < 1.29 is 0 Å². The normalized spacial score (nSPS) is 24.4. The molecule has 98 valence electrons. The lowest BCUT2D eigenvalue weighted by Crippen LogP contribution is -2.36. The molecule has 1 aromatic heterocycles. The van der Waals surface area contributed by atoms with E-state index in [9.17, 15) is 5.26 Å². The van der Waals surface area contributed by atoms with E-state index in [-0.39, 0.29) is 5.92 Å². The first-order chi connectivity index (χ1) is 8.79. The molecule has 2 atom stereocenters. The van der Waals surface area contributed by atoms with Crippen LogP contribution in [-0.2, 0) is 6.42 Å². The monoisotopic (exact) mass is 282 g/mol. The Bertz CT molecular complexity index is 410. The lowest BCUT2D eigenvalue weighted by atomic mass is 9.96. The van der Waals surface area contributed by atoms with Crippen LogP contribution in [0.1, 0.15) is 37.0 Å². The molecule has 1 aliphatic carbocycles. The van der Waals surface area contributed by atoms with Crippen molar-refractivity contribution >= 4 is 22.9 Å². The summed E-state index contributed by atoms with van der Waals surface area (Å²) in [5.74, 6) is 0.194. The average Bonchev–Trinajstić information content (AvgIpc) is 2.64.